The number of aromatic nitrogens is 1. The third-order valence-corrected chi connectivity index (χ3v) is 4.23. The van der Waals surface area contributed by atoms with Crippen LogP contribution < -0.4 is 5.32 Å². The molecule has 1 aromatic carbocycles. The maximum Gasteiger partial charge on any atom is 0.254 e. The molecule has 1 atom stereocenters. The Morgan fingerprint density at radius 1 is 1.30 bits per heavy atom. The van der Waals surface area contributed by atoms with Gasteiger partial charge in [-0.2, -0.15) is 0 Å². The van der Waals surface area contributed by atoms with Crippen LogP contribution in [0.25, 0.3) is 0 Å². The average molecular weight is 309 g/mol. The van der Waals surface area contributed by atoms with Crippen LogP contribution >= 0.6 is 0 Å². The summed E-state index contributed by atoms with van der Waals surface area (Å²) in [5, 5.41) is 3.38. The van der Waals surface area contributed by atoms with Gasteiger partial charge in [0.1, 0.15) is 12.1 Å². The second-order valence-corrected chi connectivity index (χ2v) is 5.66. The van der Waals surface area contributed by atoms with Gasteiger partial charge >= 0.3 is 0 Å². The van der Waals surface area contributed by atoms with E-state index in [4.69, 9.17) is 0 Å². The van der Waals surface area contributed by atoms with Gasteiger partial charge in [0, 0.05) is 35.5 Å². The van der Waals surface area contributed by atoms with E-state index in [1.54, 1.807) is 29.3 Å². The molecular formula is C18H19N3O2. The molecule has 3 rings (SSSR count). The van der Waals surface area contributed by atoms with Gasteiger partial charge in [0.05, 0.1) is 6.54 Å². The number of hydrogen-bond donors (Lipinski definition) is 1. The Kier molecular flexibility index (Phi) is 4.10. The molecule has 1 unspecified atom stereocenters. The molecule has 2 heterocycles. The number of carbonyl (C=O) groups is 2. The Morgan fingerprint density at radius 2 is 2.04 bits per heavy atom. The van der Waals surface area contributed by atoms with Gasteiger partial charge < -0.3 is 10.2 Å². The first kappa shape index (κ1) is 15.2. The fourth-order valence-electron chi connectivity index (χ4n) is 2.82. The fraction of sp³-hybridized carbons (Fsp3) is 0.278. The lowest BCUT2D eigenvalue weighted by atomic mass is 10.1. The van der Waals surface area contributed by atoms with E-state index >= 15 is 0 Å². The highest BCUT2D eigenvalue weighted by molar-refractivity contribution is 5.99. The first-order valence-corrected chi connectivity index (χ1v) is 7.73. The summed E-state index contributed by atoms with van der Waals surface area (Å²) in [5.74, 6) is 0.815. The van der Waals surface area contributed by atoms with Gasteiger partial charge in [-0.1, -0.05) is 24.3 Å². The van der Waals surface area contributed by atoms with Crippen molar-refractivity contribution in [2.75, 3.05) is 11.9 Å². The van der Waals surface area contributed by atoms with Gasteiger partial charge in [-0.05, 0) is 25.5 Å². The molecule has 118 valence electrons. The molecular weight excluding hydrogens is 290 g/mol. The molecule has 5 nitrogen and oxygen atoms in total. The number of rotatable bonds is 5. The molecule has 0 spiro atoms. The maximum absolute atomic E-state index is 12.2. The van der Waals surface area contributed by atoms with E-state index in [1.807, 2.05) is 26.0 Å². The number of anilines is 1. The third-order valence-electron chi connectivity index (χ3n) is 4.23. The van der Waals surface area contributed by atoms with Gasteiger partial charge in [-0.25, -0.2) is 4.98 Å². The van der Waals surface area contributed by atoms with Crippen LogP contribution in [0.2, 0.25) is 0 Å². The number of pyridine rings is 1. The van der Waals surface area contributed by atoms with E-state index in [0.717, 1.165) is 28.8 Å². The van der Waals surface area contributed by atoms with Crippen molar-refractivity contribution in [2.45, 2.75) is 26.4 Å². The minimum atomic E-state index is 0.0282. The van der Waals surface area contributed by atoms with Crippen LogP contribution in [-0.2, 0) is 6.54 Å². The van der Waals surface area contributed by atoms with Crippen molar-refractivity contribution in [3.63, 3.8) is 0 Å². The summed E-state index contributed by atoms with van der Waals surface area (Å²) < 4.78 is 0. The summed E-state index contributed by atoms with van der Waals surface area (Å²) in [5.41, 5.74) is 3.40. The highest BCUT2D eigenvalue weighted by Crippen LogP contribution is 2.29. The molecule has 0 radical (unpaired) electrons. The lowest BCUT2D eigenvalue weighted by molar-refractivity contribution is 0.0787. The van der Waals surface area contributed by atoms with E-state index in [2.05, 4.69) is 10.3 Å². The molecule has 1 N–H and O–H groups in total. The van der Waals surface area contributed by atoms with Crippen molar-refractivity contribution in [1.29, 1.82) is 0 Å². The van der Waals surface area contributed by atoms with Gasteiger partial charge in [0.25, 0.3) is 5.91 Å². The van der Waals surface area contributed by atoms with Crippen molar-refractivity contribution in [3.8, 4) is 0 Å². The molecule has 0 aliphatic carbocycles. The smallest absolute Gasteiger partial charge is 0.254 e. The molecule has 1 aliphatic rings. The van der Waals surface area contributed by atoms with Crippen molar-refractivity contribution in [3.05, 3.63) is 58.8 Å². The summed E-state index contributed by atoms with van der Waals surface area (Å²) >= 11 is 0. The van der Waals surface area contributed by atoms with E-state index < -0.39 is 0 Å². The number of amides is 1. The summed E-state index contributed by atoms with van der Waals surface area (Å²) in [6.07, 6.45) is 2.50. The zero-order valence-corrected chi connectivity index (χ0v) is 13.2. The van der Waals surface area contributed by atoms with Gasteiger partial charge in [-0.3, -0.25) is 9.59 Å². The molecule has 5 heteroatoms. The lowest BCUT2D eigenvalue weighted by Crippen LogP contribution is -2.22. The van der Waals surface area contributed by atoms with E-state index in [9.17, 15) is 9.59 Å². The number of nitrogens with zero attached hydrogens (tertiary/aromatic N) is 2. The first-order chi connectivity index (χ1) is 11.1. The average Bonchev–Trinajstić information content (AvgIpc) is 2.92. The zero-order valence-electron chi connectivity index (χ0n) is 13.2. The Labute approximate surface area is 135 Å². The Hall–Kier alpha value is -2.69. The Balaban J connectivity index is 1.84. The van der Waals surface area contributed by atoms with Crippen LogP contribution in [0.4, 0.5) is 5.82 Å². The fourth-order valence-corrected chi connectivity index (χ4v) is 2.82. The quantitative estimate of drug-likeness (QED) is 0.862. The predicted octanol–water partition coefficient (Wildman–Crippen LogP) is 3.04. The SMILES string of the molecule is CCN1Cc2c(ccnc2NC(C)c2ccc(C=O)cc2)C1=O. The second kappa shape index (κ2) is 6.20. The van der Waals surface area contributed by atoms with Crippen LogP contribution in [0.5, 0.6) is 0 Å². The third kappa shape index (κ3) is 2.82. The molecule has 0 saturated heterocycles. The van der Waals surface area contributed by atoms with Crippen LogP contribution in [-0.4, -0.2) is 28.6 Å². The van der Waals surface area contributed by atoms with Crippen molar-refractivity contribution >= 4 is 18.0 Å². The molecule has 0 saturated carbocycles. The summed E-state index contributed by atoms with van der Waals surface area (Å²) in [4.78, 5) is 29.2. The molecule has 1 amide bonds. The molecule has 0 fully saturated rings. The van der Waals surface area contributed by atoms with Crippen molar-refractivity contribution < 1.29 is 9.59 Å². The number of hydrogen-bond acceptors (Lipinski definition) is 4. The minimum Gasteiger partial charge on any atom is -0.363 e. The summed E-state index contributed by atoms with van der Waals surface area (Å²) in [7, 11) is 0. The predicted molar refractivity (Wildman–Crippen MR) is 88.5 cm³/mol. The second-order valence-electron chi connectivity index (χ2n) is 5.66. The van der Waals surface area contributed by atoms with Crippen LogP contribution in [0.15, 0.2) is 36.5 Å². The van der Waals surface area contributed by atoms with Crippen molar-refractivity contribution in [2.24, 2.45) is 0 Å². The molecule has 1 aromatic heterocycles. The first-order valence-electron chi connectivity index (χ1n) is 7.73. The molecule has 2 aromatic rings. The number of fused-ring (bicyclic) bond motifs is 1. The van der Waals surface area contributed by atoms with Crippen LogP contribution in [0, 0.1) is 0 Å². The van der Waals surface area contributed by atoms with Gasteiger partial charge in [-0.15, -0.1) is 0 Å². The van der Waals surface area contributed by atoms with Gasteiger partial charge in [0.15, 0.2) is 0 Å². The van der Waals surface area contributed by atoms with E-state index in [-0.39, 0.29) is 11.9 Å². The van der Waals surface area contributed by atoms with Crippen LogP contribution in [0.1, 0.15) is 51.7 Å². The number of aldehydes is 1. The van der Waals surface area contributed by atoms with Crippen molar-refractivity contribution in [1.82, 2.24) is 9.88 Å². The molecule has 23 heavy (non-hydrogen) atoms. The van der Waals surface area contributed by atoms with Gasteiger partial charge in [0.2, 0.25) is 0 Å². The normalized spacial score (nSPS) is 14.5. The zero-order chi connectivity index (χ0) is 16.4. The topological polar surface area (TPSA) is 62.3 Å². The summed E-state index contributed by atoms with van der Waals surface area (Å²) in [6.45, 7) is 5.29. The highest BCUT2D eigenvalue weighted by Gasteiger charge is 2.29. The standard InChI is InChI=1S/C18H19N3O2/c1-3-21-10-16-15(18(21)23)8-9-19-17(16)20-12(2)14-6-4-13(11-22)5-7-14/h4-9,11-12H,3,10H2,1-2H3,(H,19,20). The lowest BCUT2D eigenvalue weighted by Gasteiger charge is -2.17. The summed E-state index contributed by atoms with van der Waals surface area (Å²) in [6, 6.07) is 9.25. The number of carbonyl (C=O) groups excluding carboxylic acids is 2. The Bertz CT molecular complexity index is 740. The number of nitrogens with one attached hydrogen (secondary N) is 1. The van der Waals surface area contributed by atoms with E-state index in [1.165, 1.54) is 0 Å². The largest absolute Gasteiger partial charge is 0.363 e. The minimum absolute atomic E-state index is 0.0282. The monoisotopic (exact) mass is 309 g/mol. The van der Waals surface area contributed by atoms with Crippen LogP contribution in [0.3, 0.4) is 0 Å². The maximum atomic E-state index is 12.2. The molecule has 1 aliphatic heterocycles. The highest BCUT2D eigenvalue weighted by atomic mass is 16.2. The van der Waals surface area contributed by atoms with E-state index in [0.29, 0.717) is 18.7 Å². The number of benzene rings is 1. The molecule has 0 bridgehead atoms. The Morgan fingerprint density at radius 3 is 2.70 bits per heavy atom.